The molecule has 1 unspecified atom stereocenters. The third-order valence-electron chi connectivity index (χ3n) is 3.97. The fraction of sp³-hybridized carbons (Fsp3) is 0.529. The molecule has 18 heavy (non-hydrogen) atoms. The normalized spacial score (nSPS) is 13.5. The Bertz CT molecular complexity index is 398. The molecule has 0 amide bonds. The second-order valence-corrected chi connectivity index (χ2v) is 8.00. The quantitative estimate of drug-likeness (QED) is 0.618. The van der Waals surface area contributed by atoms with E-state index in [1.807, 2.05) is 6.08 Å². The molecule has 0 spiro atoms. The Morgan fingerprint density at radius 3 is 1.56 bits per heavy atom. The van der Waals surface area contributed by atoms with Gasteiger partial charge < -0.3 is 0 Å². The summed E-state index contributed by atoms with van der Waals surface area (Å²) in [6, 6.07) is 8.78. The summed E-state index contributed by atoms with van der Waals surface area (Å²) < 4.78 is 0. The van der Waals surface area contributed by atoms with Gasteiger partial charge in [-0.25, -0.2) is 0 Å². The van der Waals surface area contributed by atoms with Gasteiger partial charge in [-0.2, -0.15) is 0 Å². The summed E-state index contributed by atoms with van der Waals surface area (Å²) in [7, 11) is 3.13. The molecule has 1 atom stereocenters. The van der Waals surface area contributed by atoms with Gasteiger partial charge in [-0.3, -0.25) is 0 Å². The van der Waals surface area contributed by atoms with Crippen molar-refractivity contribution in [2.75, 3.05) is 0 Å². The number of hydrogen-bond acceptors (Lipinski definition) is 0. The van der Waals surface area contributed by atoms with E-state index in [-0.39, 0.29) is 16.0 Å². The van der Waals surface area contributed by atoms with Gasteiger partial charge >= 0.3 is 0 Å². The van der Waals surface area contributed by atoms with Crippen LogP contribution in [-0.2, 0) is 5.16 Å². The molecular weight excluding hydrogens is 235 g/mol. The van der Waals surface area contributed by atoms with Gasteiger partial charge in [0.1, 0.15) is 0 Å². The summed E-state index contributed by atoms with van der Waals surface area (Å²) in [6.07, 6.45) is 1.89. The zero-order valence-electron chi connectivity index (χ0n) is 12.7. The molecule has 0 heterocycles. The highest BCUT2D eigenvalue weighted by atomic mass is 31.0. The lowest BCUT2D eigenvalue weighted by atomic mass is 9.62. The first-order valence-electron chi connectivity index (χ1n) is 6.56. The Hall–Kier alpha value is -0.610. The van der Waals surface area contributed by atoms with Gasteiger partial charge in [0.2, 0.25) is 0 Å². The van der Waals surface area contributed by atoms with Gasteiger partial charge in [-0.15, -0.1) is 9.24 Å². The van der Waals surface area contributed by atoms with Gasteiger partial charge in [0.05, 0.1) is 0 Å². The number of hydrogen-bond donors (Lipinski definition) is 0. The van der Waals surface area contributed by atoms with Crippen LogP contribution in [0.5, 0.6) is 0 Å². The van der Waals surface area contributed by atoms with E-state index in [2.05, 4.69) is 81.6 Å². The van der Waals surface area contributed by atoms with E-state index in [0.717, 1.165) is 0 Å². The van der Waals surface area contributed by atoms with Crippen molar-refractivity contribution in [3.05, 3.63) is 42.0 Å². The molecule has 0 bridgehead atoms. The van der Waals surface area contributed by atoms with Crippen LogP contribution < -0.4 is 0 Å². The summed E-state index contributed by atoms with van der Waals surface area (Å²) in [4.78, 5) is 0. The standard InChI is InChI=1S/C17H27P/c1-8-13-9-11-14(12-10-13)17(18,15(2,3)4)16(5,6)7/h8-12H,1,18H2,2-7H3. The fourth-order valence-electron chi connectivity index (χ4n) is 2.87. The van der Waals surface area contributed by atoms with Crippen molar-refractivity contribution < 1.29 is 0 Å². The van der Waals surface area contributed by atoms with Crippen LogP contribution in [0.4, 0.5) is 0 Å². The van der Waals surface area contributed by atoms with E-state index in [9.17, 15) is 0 Å². The molecular formula is C17H27P. The van der Waals surface area contributed by atoms with Crippen molar-refractivity contribution in [2.45, 2.75) is 46.7 Å². The van der Waals surface area contributed by atoms with Crippen LogP contribution in [-0.4, -0.2) is 0 Å². The lowest BCUT2D eigenvalue weighted by molar-refractivity contribution is 0.140. The van der Waals surface area contributed by atoms with Crippen LogP contribution in [0, 0.1) is 10.8 Å². The van der Waals surface area contributed by atoms with Crippen molar-refractivity contribution in [2.24, 2.45) is 10.8 Å². The van der Waals surface area contributed by atoms with Crippen LogP contribution in [0.25, 0.3) is 6.08 Å². The molecule has 0 aliphatic rings. The highest BCUT2D eigenvalue weighted by Crippen LogP contribution is 2.57. The van der Waals surface area contributed by atoms with Crippen molar-refractivity contribution in [1.29, 1.82) is 0 Å². The molecule has 0 N–H and O–H groups in total. The Morgan fingerprint density at radius 1 is 0.889 bits per heavy atom. The molecule has 0 saturated heterocycles. The third-order valence-corrected chi connectivity index (χ3v) is 6.03. The minimum atomic E-state index is 0.0414. The minimum absolute atomic E-state index is 0.0414. The molecule has 0 aliphatic heterocycles. The smallest absolute Gasteiger partial charge is 0.0194 e. The van der Waals surface area contributed by atoms with Crippen molar-refractivity contribution in [3.63, 3.8) is 0 Å². The van der Waals surface area contributed by atoms with Crippen LogP contribution >= 0.6 is 9.24 Å². The molecule has 0 nitrogen and oxygen atoms in total. The Labute approximate surface area is 115 Å². The molecule has 0 aromatic heterocycles. The topological polar surface area (TPSA) is 0 Å². The second-order valence-electron chi connectivity index (χ2n) is 7.13. The van der Waals surface area contributed by atoms with Gasteiger partial charge in [-0.05, 0) is 22.0 Å². The molecule has 1 aromatic carbocycles. The lowest BCUT2D eigenvalue weighted by Crippen LogP contribution is -2.45. The van der Waals surface area contributed by atoms with Crippen LogP contribution in [0.15, 0.2) is 30.8 Å². The first-order valence-corrected chi connectivity index (χ1v) is 7.13. The van der Waals surface area contributed by atoms with Crippen molar-refractivity contribution >= 4 is 15.3 Å². The lowest BCUT2D eigenvalue weighted by Gasteiger charge is -2.51. The summed E-state index contributed by atoms with van der Waals surface area (Å²) in [5.74, 6) is 0. The molecule has 1 rings (SSSR count). The minimum Gasteiger partial charge on any atom is -0.125 e. The maximum absolute atomic E-state index is 3.82. The van der Waals surface area contributed by atoms with Gasteiger partial charge in [0.25, 0.3) is 0 Å². The highest BCUT2D eigenvalue weighted by molar-refractivity contribution is 7.18. The van der Waals surface area contributed by atoms with E-state index in [1.54, 1.807) is 0 Å². The fourth-order valence-corrected chi connectivity index (χ4v) is 3.07. The first-order chi connectivity index (χ1) is 8.04. The molecule has 1 heteroatoms. The van der Waals surface area contributed by atoms with Crippen molar-refractivity contribution in [3.8, 4) is 0 Å². The molecule has 100 valence electrons. The average Bonchev–Trinajstić information content (AvgIpc) is 2.25. The van der Waals surface area contributed by atoms with Crippen molar-refractivity contribution in [1.82, 2.24) is 0 Å². The van der Waals surface area contributed by atoms with Crippen LogP contribution in [0.3, 0.4) is 0 Å². The number of benzene rings is 1. The maximum Gasteiger partial charge on any atom is 0.0194 e. The Morgan fingerprint density at radius 2 is 1.28 bits per heavy atom. The predicted molar refractivity (Wildman–Crippen MR) is 86.8 cm³/mol. The van der Waals surface area contributed by atoms with E-state index < -0.39 is 0 Å². The largest absolute Gasteiger partial charge is 0.125 e. The monoisotopic (exact) mass is 262 g/mol. The summed E-state index contributed by atoms with van der Waals surface area (Å²) in [6.45, 7) is 17.7. The van der Waals surface area contributed by atoms with Crippen LogP contribution in [0.2, 0.25) is 0 Å². The average molecular weight is 262 g/mol. The summed E-state index contributed by atoms with van der Waals surface area (Å²) in [5.41, 5.74) is 2.89. The van der Waals surface area contributed by atoms with Gasteiger partial charge in [0.15, 0.2) is 0 Å². The van der Waals surface area contributed by atoms with E-state index in [0.29, 0.717) is 0 Å². The molecule has 0 radical (unpaired) electrons. The summed E-state index contributed by atoms with van der Waals surface area (Å²) >= 11 is 0. The SMILES string of the molecule is C=Cc1ccc(C(P)(C(C)(C)C)C(C)(C)C)cc1. The molecule has 0 saturated carbocycles. The zero-order chi connectivity index (χ0) is 14.2. The third kappa shape index (κ3) is 2.54. The van der Waals surface area contributed by atoms with E-state index >= 15 is 0 Å². The molecule has 0 fully saturated rings. The predicted octanol–water partition coefficient (Wildman–Crippen LogP) is 5.49. The Balaban J connectivity index is 3.40. The van der Waals surface area contributed by atoms with Gasteiger partial charge in [0, 0.05) is 5.16 Å². The van der Waals surface area contributed by atoms with E-state index in [1.165, 1.54) is 11.1 Å². The first kappa shape index (κ1) is 15.4. The molecule has 1 aromatic rings. The maximum atomic E-state index is 3.82. The van der Waals surface area contributed by atoms with Crippen LogP contribution in [0.1, 0.15) is 52.7 Å². The second kappa shape index (κ2) is 4.82. The Kier molecular flexibility index (Phi) is 4.13. The van der Waals surface area contributed by atoms with Gasteiger partial charge in [-0.1, -0.05) is 78.5 Å². The summed E-state index contributed by atoms with van der Waals surface area (Å²) in [5, 5.41) is 0.0414. The number of rotatable bonds is 2. The molecule has 0 aliphatic carbocycles. The highest BCUT2D eigenvalue weighted by Gasteiger charge is 2.47. The van der Waals surface area contributed by atoms with E-state index in [4.69, 9.17) is 0 Å². The zero-order valence-corrected chi connectivity index (χ0v) is 13.8.